The van der Waals surface area contributed by atoms with Crippen LogP contribution in [0.25, 0.3) is 0 Å². The lowest BCUT2D eigenvalue weighted by Gasteiger charge is -2.09. The molecule has 0 bridgehead atoms. The van der Waals surface area contributed by atoms with Crippen molar-refractivity contribution < 1.29 is 9.90 Å². The van der Waals surface area contributed by atoms with Gasteiger partial charge in [-0.15, -0.1) is 0 Å². The lowest BCUT2D eigenvalue weighted by Crippen LogP contribution is -2.37. The maximum absolute atomic E-state index is 10.6. The van der Waals surface area contributed by atoms with Crippen molar-refractivity contribution >= 4 is 5.91 Å². The molecule has 1 atom stereocenters. The number of carbonyl (C=O) groups is 1. The Labute approximate surface area is 94.4 Å². The van der Waals surface area contributed by atoms with Crippen LogP contribution in [0.5, 0.6) is 0 Å². The third-order valence-electron chi connectivity index (χ3n) is 2.26. The number of carbonyl (C=O) groups excluding carboxylic acids is 1. The Hall–Kier alpha value is -1.40. The molecule has 1 heterocycles. The first-order valence-electron chi connectivity index (χ1n) is 5.26. The van der Waals surface area contributed by atoms with Crippen LogP contribution >= 0.6 is 0 Å². The first kappa shape index (κ1) is 12.7. The molecule has 6 nitrogen and oxygen atoms in total. The predicted molar refractivity (Wildman–Crippen MR) is 59.5 cm³/mol. The molecule has 6 heteroatoms. The van der Waals surface area contributed by atoms with Crippen molar-refractivity contribution in [3.63, 3.8) is 0 Å². The lowest BCUT2D eigenvalue weighted by molar-refractivity contribution is -0.125. The van der Waals surface area contributed by atoms with E-state index in [1.807, 2.05) is 24.6 Å². The van der Waals surface area contributed by atoms with Crippen molar-refractivity contribution in [2.45, 2.75) is 33.0 Å². The maximum atomic E-state index is 10.6. The number of nitrogens with two attached hydrogens (primary N) is 1. The number of nitrogens with one attached hydrogen (secondary N) is 1. The zero-order chi connectivity index (χ0) is 12.1. The van der Waals surface area contributed by atoms with Crippen LogP contribution < -0.4 is 11.1 Å². The zero-order valence-electron chi connectivity index (χ0n) is 9.60. The summed E-state index contributed by atoms with van der Waals surface area (Å²) in [5.74, 6) is -0.715. The van der Waals surface area contributed by atoms with Gasteiger partial charge in [0.15, 0.2) is 0 Å². The molecule has 90 valence electrons. The molecule has 1 aromatic heterocycles. The van der Waals surface area contributed by atoms with Gasteiger partial charge in [-0.2, -0.15) is 5.10 Å². The van der Waals surface area contributed by atoms with E-state index in [2.05, 4.69) is 10.4 Å². The van der Waals surface area contributed by atoms with Crippen molar-refractivity contribution in [1.29, 1.82) is 0 Å². The molecule has 1 rings (SSSR count). The second-order valence-corrected chi connectivity index (χ2v) is 3.64. The molecule has 0 fully saturated rings. The molecule has 0 spiro atoms. The minimum atomic E-state index is -1.14. The SMILES string of the molecule is CCn1nc(C)cc1CNCC(O)C(N)=O. The van der Waals surface area contributed by atoms with Crippen LogP contribution in [-0.2, 0) is 17.9 Å². The molecule has 1 aromatic rings. The van der Waals surface area contributed by atoms with Crippen molar-refractivity contribution in [3.8, 4) is 0 Å². The van der Waals surface area contributed by atoms with E-state index < -0.39 is 12.0 Å². The highest BCUT2D eigenvalue weighted by molar-refractivity contribution is 5.78. The van der Waals surface area contributed by atoms with Crippen LogP contribution in [-0.4, -0.2) is 33.4 Å². The Morgan fingerprint density at radius 1 is 1.75 bits per heavy atom. The quantitative estimate of drug-likeness (QED) is 0.589. The average Bonchev–Trinajstić information content (AvgIpc) is 2.58. The molecule has 0 aliphatic rings. The van der Waals surface area contributed by atoms with Crippen LogP contribution in [0, 0.1) is 6.92 Å². The van der Waals surface area contributed by atoms with E-state index in [4.69, 9.17) is 5.73 Å². The number of primary amides is 1. The molecule has 1 unspecified atom stereocenters. The van der Waals surface area contributed by atoms with Crippen LogP contribution in [0.2, 0.25) is 0 Å². The van der Waals surface area contributed by atoms with Gasteiger partial charge in [0.25, 0.3) is 0 Å². The molecule has 0 aliphatic carbocycles. The van der Waals surface area contributed by atoms with Crippen LogP contribution in [0.15, 0.2) is 6.07 Å². The van der Waals surface area contributed by atoms with Crippen LogP contribution in [0.3, 0.4) is 0 Å². The summed E-state index contributed by atoms with van der Waals surface area (Å²) >= 11 is 0. The largest absolute Gasteiger partial charge is 0.382 e. The average molecular weight is 226 g/mol. The van der Waals surface area contributed by atoms with Gasteiger partial charge in [0, 0.05) is 19.6 Å². The highest BCUT2D eigenvalue weighted by Crippen LogP contribution is 2.03. The molecule has 16 heavy (non-hydrogen) atoms. The molecule has 0 aliphatic heterocycles. The van der Waals surface area contributed by atoms with Crippen molar-refractivity contribution in [1.82, 2.24) is 15.1 Å². The fourth-order valence-corrected chi connectivity index (χ4v) is 1.45. The summed E-state index contributed by atoms with van der Waals surface area (Å²) in [5, 5.41) is 16.4. The molecular formula is C10H18N4O2. The number of aryl methyl sites for hydroxylation is 2. The van der Waals surface area contributed by atoms with Gasteiger partial charge in [0.2, 0.25) is 5.91 Å². The van der Waals surface area contributed by atoms with E-state index in [9.17, 15) is 9.90 Å². The van der Waals surface area contributed by atoms with E-state index in [0.29, 0.717) is 6.54 Å². The Morgan fingerprint density at radius 3 is 3.00 bits per heavy atom. The van der Waals surface area contributed by atoms with E-state index in [-0.39, 0.29) is 6.54 Å². The second kappa shape index (κ2) is 5.62. The molecule has 0 aromatic carbocycles. The Balaban J connectivity index is 2.45. The Morgan fingerprint density at radius 2 is 2.44 bits per heavy atom. The molecule has 1 amide bonds. The fourth-order valence-electron chi connectivity index (χ4n) is 1.45. The highest BCUT2D eigenvalue weighted by atomic mass is 16.3. The number of aliphatic hydroxyl groups excluding tert-OH is 1. The molecule has 0 saturated heterocycles. The topological polar surface area (TPSA) is 93.2 Å². The van der Waals surface area contributed by atoms with E-state index in [0.717, 1.165) is 17.9 Å². The number of hydrogen-bond donors (Lipinski definition) is 3. The number of nitrogens with zero attached hydrogens (tertiary/aromatic N) is 2. The van der Waals surface area contributed by atoms with Gasteiger partial charge in [0.05, 0.1) is 11.4 Å². The van der Waals surface area contributed by atoms with Gasteiger partial charge >= 0.3 is 0 Å². The maximum Gasteiger partial charge on any atom is 0.247 e. The first-order chi connectivity index (χ1) is 7.54. The number of rotatable bonds is 6. The normalized spacial score (nSPS) is 12.7. The summed E-state index contributed by atoms with van der Waals surface area (Å²) in [6.45, 7) is 5.44. The van der Waals surface area contributed by atoms with Gasteiger partial charge in [-0.3, -0.25) is 9.48 Å². The first-order valence-corrected chi connectivity index (χ1v) is 5.26. The van der Waals surface area contributed by atoms with E-state index >= 15 is 0 Å². The third-order valence-corrected chi connectivity index (χ3v) is 2.26. The van der Waals surface area contributed by atoms with Gasteiger partial charge < -0.3 is 16.2 Å². The smallest absolute Gasteiger partial charge is 0.247 e. The number of amides is 1. The molecule has 4 N–H and O–H groups in total. The fraction of sp³-hybridized carbons (Fsp3) is 0.600. The van der Waals surface area contributed by atoms with Crippen LogP contribution in [0.1, 0.15) is 18.3 Å². The Kier molecular flexibility index (Phi) is 4.45. The summed E-state index contributed by atoms with van der Waals surface area (Å²) < 4.78 is 1.87. The summed E-state index contributed by atoms with van der Waals surface area (Å²) in [5.41, 5.74) is 6.91. The summed E-state index contributed by atoms with van der Waals surface area (Å²) in [6.07, 6.45) is -1.14. The van der Waals surface area contributed by atoms with Gasteiger partial charge in [-0.05, 0) is 19.9 Å². The van der Waals surface area contributed by atoms with Gasteiger partial charge in [-0.1, -0.05) is 0 Å². The monoisotopic (exact) mass is 226 g/mol. The second-order valence-electron chi connectivity index (χ2n) is 3.64. The summed E-state index contributed by atoms with van der Waals surface area (Å²) in [7, 11) is 0. The standard InChI is InChI=1S/C10H18N4O2/c1-3-14-8(4-7(2)13-14)5-12-6-9(15)10(11)16/h4,9,12,15H,3,5-6H2,1-2H3,(H2,11,16). The molecule has 0 radical (unpaired) electrons. The number of hydrogen-bond acceptors (Lipinski definition) is 4. The molecular weight excluding hydrogens is 208 g/mol. The van der Waals surface area contributed by atoms with Gasteiger partial charge in [0.1, 0.15) is 6.10 Å². The minimum Gasteiger partial charge on any atom is -0.382 e. The Bertz CT molecular complexity index is 362. The minimum absolute atomic E-state index is 0.156. The van der Waals surface area contributed by atoms with Crippen LogP contribution in [0.4, 0.5) is 0 Å². The highest BCUT2D eigenvalue weighted by Gasteiger charge is 2.10. The number of aromatic nitrogens is 2. The number of aliphatic hydroxyl groups is 1. The van der Waals surface area contributed by atoms with Crippen molar-refractivity contribution in [2.75, 3.05) is 6.54 Å². The van der Waals surface area contributed by atoms with E-state index in [1.165, 1.54) is 0 Å². The summed E-state index contributed by atoms with van der Waals surface area (Å²) in [4.78, 5) is 10.6. The molecule has 0 saturated carbocycles. The predicted octanol–water partition coefficient (Wildman–Crippen LogP) is -0.853. The van der Waals surface area contributed by atoms with Crippen molar-refractivity contribution in [3.05, 3.63) is 17.5 Å². The van der Waals surface area contributed by atoms with Crippen molar-refractivity contribution in [2.24, 2.45) is 5.73 Å². The lowest BCUT2D eigenvalue weighted by atomic mass is 10.3. The van der Waals surface area contributed by atoms with Gasteiger partial charge in [-0.25, -0.2) is 0 Å². The zero-order valence-corrected chi connectivity index (χ0v) is 9.60. The van der Waals surface area contributed by atoms with E-state index in [1.54, 1.807) is 0 Å². The third kappa shape index (κ3) is 3.32. The summed E-state index contributed by atoms with van der Waals surface area (Å²) in [6, 6.07) is 1.97.